The van der Waals surface area contributed by atoms with Crippen molar-refractivity contribution < 1.29 is 54.9 Å². The third-order valence-corrected chi connectivity index (χ3v) is 8.80. The highest BCUT2D eigenvalue weighted by molar-refractivity contribution is 5.83. The van der Waals surface area contributed by atoms with Crippen LogP contribution >= 0.6 is 0 Å². The molecule has 0 spiro atoms. The van der Waals surface area contributed by atoms with Crippen LogP contribution in [0.15, 0.2) is 103 Å². The molecule has 3 aromatic rings. The van der Waals surface area contributed by atoms with E-state index >= 15 is 0 Å². The Morgan fingerprint density at radius 3 is 1.53 bits per heavy atom. The summed E-state index contributed by atoms with van der Waals surface area (Å²) in [5, 5.41) is 0. The molecule has 0 bridgehead atoms. The summed E-state index contributed by atoms with van der Waals surface area (Å²) in [7, 11) is 1.54. The zero-order valence-corrected chi connectivity index (χ0v) is 27.0. The number of rotatable bonds is 13. The number of benzene rings is 3. The molecule has 0 aliphatic heterocycles. The minimum atomic E-state index is -5.21. The first-order chi connectivity index (χ1) is 23.3. The average molecular weight is 693 g/mol. The Morgan fingerprint density at radius 2 is 1.10 bits per heavy atom. The highest BCUT2D eigenvalue weighted by Crippen LogP contribution is 2.45. The summed E-state index contributed by atoms with van der Waals surface area (Å²) in [6.45, 7) is 0. The number of methoxy groups -OCH3 is 2. The molecular formula is C37H38F6O6. The molecule has 1 aliphatic carbocycles. The number of carbonyl (C=O) groups excluding carboxylic acids is 2. The fraction of sp³-hybridized carbons (Fsp3) is 0.405. The van der Waals surface area contributed by atoms with E-state index in [-0.39, 0.29) is 12.3 Å². The van der Waals surface area contributed by atoms with E-state index in [0.29, 0.717) is 18.4 Å². The molecule has 1 fully saturated rings. The summed E-state index contributed by atoms with van der Waals surface area (Å²) >= 11 is 0. The molecule has 49 heavy (non-hydrogen) atoms. The van der Waals surface area contributed by atoms with Crippen LogP contribution in [0.4, 0.5) is 26.3 Å². The first kappa shape index (κ1) is 37.7. The maximum absolute atomic E-state index is 14.6. The largest absolute Gasteiger partial charge is 0.455 e. The van der Waals surface area contributed by atoms with Crippen LogP contribution in [0.2, 0.25) is 0 Å². The van der Waals surface area contributed by atoms with Crippen molar-refractivity contribution in [2.24, 2.45) is 5.92 Å². The van der Waals surface area contributed by atoms with Gasteiger partial charge in [0.25, 0.3) is 11.2 Å². The van der Waals surface area contributed by atoms with E-state index in [9.17, 15) is 35.9 Å². The molecule has 1 saturated carbocycles. The summed E-state index contributed by atoms with van der Waals surface area (Å²) in [6.07, 6.45) is -6.59. The molecule has 264 valence electrons. The normalized spacial score (nSPS) is 18.2. The summed E-state index contributed by atoms with van der Waals surface area (Å²) in [4.78, 5) is 27.0. The monoisotopic (exact) mass is 692 g/mol. The van der Waals surface area contributed by atoms with E-state index in [1.807, 2.05) is 0 Å². The van der Waals surface area contributed by atoms with Crippen molar-refractivity contribution in [1.82, 2.24) is 0 Å². The van der Waals surface area contributed by atoms with Crippen LogP contribution in [0.5, 0.6) is 0 Å². The Hall–Kier alpha value is -4.16. The zero-order chi connectivity index (χ0) is 35.7. The molecular weight excluding hydrogens is 654 g/mol. The molecule has 0 radical (unpaired) electrons. The van der Waals surface area contributed by atoms with Crippen LogP contribution in [0.1, 0.15) is 61.3 Å². The van der Waals surface area contributed by atoms with Gasteiger partial charge in [0.1, 0.15) is 12.2 Å². The topological polar surface area (TPSA) is 71.1 Å². The maximum atomic E-state index is 14.6. The standard InChI is InChI=1S/C37H38F6O6/c1-46-34(36(38,39)40,28-20-11-5-12-21-28)32(44)48-30(26-16-7-3-8-17-26)24-15-25-31(27-18-9-4-10-19-27)49-33(45)35(47-2,37(41,42)43)29-22-13-6-14-23-29/h3,5-8,11-17,20-23,25,27,30-31H,4,9-10,18-19,24H2,1-2H3/b25-15-/t30-,31+,34+,35+/m1/s1. The summed E-state index contributed by atoms with van der Waals surface area (Å²) in [5.74, 6) is -3.70. The van der Waals surface area contributed by atoms with Crippen LogP contribution < -0.4 is 0 Å². The molecule has 0 unspecified atom stereocenters. The van der Waals surface area contributed by atoms with Crippen molar-refractivity contribution in [3.05, 3.63) is 120 Å². The first-order valence-corrected chi connectivity index (χ1v) is 15.8. The molecule has 3 aromatic carbocycles. The average Bonchev–Trinajstić information content (AvgIpc) is 3.09. The van der Waals surface area contributed by atoms with Gasteiger partial charge in [-0.05, 0) is 30.4 Å². The summed E-state index contributed by atoms with van der Waals surface area (Å²) < 4.78 is 109. The Labute approximate surface area is 281 Å². The smallest absolute Gasteiger partial charge is 0.432 e. The van der Waals surface area contributed by atoms with E-state index in [1.54, 1.807) is 30.3 Å². The van der Waals surface area contributed by atoms with Crippen molar-refractivity contribution in [2.75, 3.05) is 14.2 Å². The lowest BCUT2D eigenvalue weighted by Crippen LogP contribution is -2.52. The van der Waals surface area contributed by atoms with Gasteiger partial charge in [-0.3, -0.25) is 0 Å². The number of halogens is 6. The van der Waals surface area contributed by atoms with E-state index in [1.165, 1.54) is 48.6 Å². The van der Waals surface area contributed by atoms with Gasteiger partial charge in [0.15, 0.2) is 0 Å². The molecule has 0 aromatic heterocycles. The molecule has 0 amide bonds. The maximum Gasteiger partial charge on any atom is 0.432 e. The number of hydrogen-bond donors (Lipinski definition) is 0. The van der Waals surface area contributed by atoms with Crippen LogP contribution in [0.3, 0.4) is 0 Å². The Kier molecular flexibility index (Phi) is 12.3. The molecule has 6 nitrogen and oxygen atoms in total. The van der Waals surface area contributed by atoms with Crippen molar-refractivity contribution in [3.8, 4) is 0 Å². The number of hydrogen-bond acceptors (Lipinski definition) is 6. The molecule has 1 aliphatic rings. The fourth-order valence-corrected chi connectivity index (χ4v) is 6.20. The van der Waals surface area contributed by atoms with Crippen LogP contribution in [0, 0.1) is 5.92 Å². The summed E-state index contributed by atoms with van der Waals surface area (Å²) in [6, 6.07) is 20.8. The van der Waals surface area contributed by atoms with Crippen molar-refractivity contribution >= 4 is 11.9 Å². The van der Waals surface area contributed by atoms with Crippen molar-refractivity contribution in [1.29, 1.82) is 0 Å². The minimum Gasteiger partial charge on any atom is -0.455 e. The lowest BCUT2D eigenvalue weighted by molar-refractivity contribution is -0.279. The highest BCUT2D eigenvalue weighted by Gasteiger charge is 2.65. The Balaban J connectivity index is 1.67. The van der Waals surface area contributed by atoms with Crippen LogP contribution in [-0.2, 0) is 39.7 Å². The van der Waals surface area contributed by atoms with Gasteiger partial charge in [-0.25, -0.2) is 9.59 Å². The number of ether oxygens (including phenoxy) is 4. The van der Waals surface area contributed by atoms with Gasteiger partial charge in [0.05, 0.1) is 0 Å². The molecule has 4 atom stereocenters. The lowest BCUT2D eigenvalue weighted by Gasteiger charge is -2.35. The third kappa shape index (κ3) is 8.02. The minimum absolute atomic E-state index is 0.198. The van der Waals surface area contributed by atoms with Gasteiger partial charge >= 0.3 is 24.3 Å². The second-order valence-corrected chi connectivity index (χ2v) is 11.7. The van der Waals surface area contributed by atoms with Gasteiger partial charge in [-0.2, -0.15) is 26.3 Å². The van der Waals surface area contributed by atoms with Crippen LogP contribution in [0.25, 0.3) is 0 Å². The predicted octanol–water partition coefficient (Wildman–Crippen LogP) is 8.92. The third-order valence-electron chi connectivity index (χ3n) is 8.80. The molecule has 4 rings (SSSR count). The SMILES string of the molecule is CO[C@](C(=O)O[C@@H](/C=C\C[C@@H](OC(=O)[C@@](OC)(c1ccccc1)C(F)(F)F)c1ccccc1)C1CCCCC1)(c1ccccc1)C(F)(F)F. The molecule has 0 N–H and O–H groups in total. The molecule has 0 heterocycles. The van der Waals surface area contributed by atoms with Gasteiger partial charge in [0.2, 0.25) is 0 Å². The van der Waals surface area contributed by atoms with Crippen molar-refractivity contribution in [3.63, 3.8) is 0 Å². The second-order valence-electron chi connectivity index (χ2n) is 11.7. The van der Waals surface area contributed by atoms with Crippen LogP contribution in [-0.4, -0.2) is 44.6 Å². The number of esters is 2. The fourth-order valence-electron chi connectivity index (χ4n) is 6.20. The van der Waals surface area contributed by atoms with Gasteiger partial charge < -0.3 is 18.9 Å². The molecule has 0 saturated heterocycles. The van der Waals surface area contributed by atoms with Gasteiger partial charge in [-0.1, -0.05) is 116 Å². The quantitative estimate of drug-likeness (QED) is 0.101. The zero-order valence-electron chi connectivity index (χ0n) is 27.0. The summed E-state index contributed by atoms with van der Waals surface area (Å²) in [5.41, 5.74) is -7.43. The molecule has 12 heteroatoms. The van der Waals surface area contributed by atoms with E-state index in [2.05, 4.69) is 0 Å². The number of alkyl halides is 6. The predicted molar refractivity (Wildman–Crippen MR) is 168 cm³/mol. The lowest BCUT2D eigenvalue weighted by atomic mass is 9.84. The van der Waals surface area contributed by atoms with Gasteiger partial charge in [0, 0.05) is 31.8 Å². The van der Waals surface area contributed by atoms with E-state index in [4.69, 9.17) is 18.9 Å². The first-order valence-electron chi connectivity index (χ1n) is 15.8. The van der Waals surface area contributed by atoms with E-state index < -0.39 is 58.8 Å². The number of carbonyl (C=O) groups is 2. The van der Waals surface area contributed by atoms with Gasteiger partial charge in [-0.15, -0.1) is 0 Å². The second kappa shape index (κ2) is 16.0. The Bertz CT molecular complexity index is 1520. The van der Waals surface area contributed by atoms with Crippen molar-refractivity contribution in [2.45, 2.75) is 74.3 Å². The Morgan fingerprint density at radius 1 is 0.673 bits per heavy atom. The highest BCUT2D eigenvalue weighted by atomic mass is 19.4. The van der Waals surface area contributed by atoms with E-state index in [0.717, 1.165) is 57.7 Å².